The Bertz CT molecular complexity index is 1590. The maximum Gasteiger partial charge on any atom is 0.254 e. The summed E-state index contributed by atoms with van der Waals surface area (Å²) in [6.45, 7) is 4.55. The number of amides is 1. The average molecular weight is 557 g/mol. The summed E-state index contributed by atoms with van der Waals surface area (Å²) in [6.07, 6.45) is 4.15. The van der Waals surface area contributed by atoms with Crippen LogP contribution in [-0.4, -0.2) is 37.5 Å². The van der Waals surface area contributed by atoms with E-state index in [2.05, 4.69) is 20.2 Å². The van der Waals surface area contributed by atoms with Crippen LogP contribution in [0.15, 0.2) is 69.9 Å². The Balaban J connectivity index is 1.35. The molecule has 6 rings (SSSR count). The summed E-state index contributed by atoms with van der Waals surface area (Å²) in [7, 11) is 0. The molecule has 0 aliphatic carbocycles. The van der Waals surface area contributed by atoms with Gasteiger partial charge in [-0.15, -0.1) is 32.9 Å². The fraction of sp³-hybridized carbons (Fsp3) is 0.276. The van der Waals surface area contributed by atoms with E-state index in [-0.39, 0.29) is 11.9 Å². The Morgan fingerprint density at radius 3 is 2.72 bits per heavy atom. The van der Waals surface area contributed by atoms with Crippen molar-refractivity contribution in [3.05, 3.63) is 93.2 Å². The zero-order chi connectivity index (χ0) is 27.0. The highest BCUT2D eigenvalue weighted by Crippen LogP contribution is 2.37. The van der Waals surface area contributed by atoms with Crippen molar-refractivity contribution in [2.24, 2.45) is 5.73 Å². The van der Waals surface area contributed by atoms with Gasteiger partial charge in [0.2, 0.25) is 11.8 Å². The van der Waals surface area contributed by atoms with Gasteiger partial charge in [0, 0.05) is 45.9 Å². The maximum atomic E-state index is 13.9. The first kappa shape index (κ1) is 25.5. The van der Waals surface area contributed by atoms with Gasteiger partial charge in [0.05, 0.1) is 11.6 Å². The first-order valence-corrected chi connectivity index (χ1v) is 14.6. The molecule has 0 unspecified atom stereocenters. The molecule has 2 atom stereocenters. The average Bonchev–Trinajstić information content (AvgIpc) is 3.74. The number of nitrogens with zero attached hydrogens (tertiary/aromatic N) is 5. The Labute approximate surface area is 234 Å². The standard InChI is InChI=1S/C29H28N6O2S2/c1-18-17-39-26(32-18)23-9-6-11-35(23)27(36)22-14-20(13-21(15-22)25-31-10-12-38-25)24-33-34-28(37-24)29(2,30)16-19-7-4-3-5-8-19/h3-5,7-8,10,12-15,17,23H,6,9,11,16,30H2,1-2H3/t23-,29-/m1/s1. The van der Waals surface area contributed by atoms with Crippen LogP contribution in [-0.2, 0) is 12.0 Å². The minimum absolute atomic E-state index is 0.0193. The molecule has 2 aromatic carbocycles. The summed E-state index contributed by atoms with van der Waals surface area (Å²) in [4.78, 5) is 25.0. The minimum Gasteiger partial charge on any atom is -0.419 e. The van der Waals surface area contributed by atoms with Gasteiger partial charge in [0.15, 0.2) is 0 Å². The van der Waals surface area contributed by atoms with E-state index < -0.39 is 5.54 Å². The second-order valence-electron chi connectivity index (χ2n) is 10.1. The zero-order valence-corrected chi connectivity index (χ0v) is 23.3. The van der Waals surface area contributed by atoms with E-state index in [9.17, 15) is 4.79 Å². The molecule has 198 valence electrons. The SMILES string of the molecule is Cc1csc([C@H]2CCCN2C(=O)c2cc(-c3nnc([C@](C)(N)Cc4ccccc4)o3)cc(-c3nccs3)c2)n1. The molecule has 1 amide bonds. The Morgan fingerprint density at radius 2 is 1.97 bits per heavy atom. The number of nitrogens with two attached hydrogens (primary N) is 1. The number of carbonyl (C=O) groups is 1. The highest BCUT2D eigenvalue weighted by atomic mass is 32.1. The summed E-state index contributed by atoms with van der Waals surface area (Å²) in [5.41, 5.74) is 9.87. The second-order valence-corrected chi connectivity index (χ2v) is 11.9. The normalized spacial score (nSPS) is 16.9. The van der Waals surface area contributed by atoms with Crippen LogP contribution in [0.1, 0.15) is 58.3 Å². The van der Waals surface area contributed by atoms with Crippen molar-refractivity contribution in [3.63, 3.8) is 0 Å². The van der Waals surface area contributed by atoms with Gasteiger partial charge in [0.1, 0.15) is 10.0 Å². The van der Waals surface area contributed by atoms with Gasteiger partial charge in [-0.1, -0.05) is 30.3 Å². The van der Waals surface area contributed by atoms with Crippen LogP contribution in [0, 0.1) is 6.92 Å². The number of hydrogen-bond donors (Lipinski definition) is 1. The van der Waals surface area contributed by atoms with Crippen LogP contribution >= 0.6 is 22.7 Å². The van der Waals surface area contributed by atoms with Crippen LogP contribution in [0.4, 0.5) is 0 Å². The molecule has 5 aromatic rings. The third-order valence-corrected chi connectivity index (χ3v) is 8.76. The highest BCUT2D eigenvalue weighted by Gasteiger charge is 2.33. The van der Waals surface area contributed by atoms with Crippen molar-refractivity contribution < 1.29 is 9.21 Å². The molecule has 8 nitrogen and oxygen atoms in total. The van der Waals surface area contributed by atoms with E-state index in [0.29, 0.717) is 35.9 Å². The number of thiazole rings is 2. The van der Waals surface area contributed by atoms with Crippen LogP contribution in [0.5, 0.6) is 0 Å². The van der Waals surface area contributed by atoms with E-state index in [0.717, 1.165) is 39.7 Å². The zero-order valence-electron chi connectivity index (χ0n) is 21.7. The molecule has 0 radical (unpaired) electrons. The van der Waals surface area contributed by atoms with Crippen LogP contribution in [0.3, 0.4) is 0 Å². The van der Waals surface area contributed by atoms with Crippen molar-refractivity contribution in [2.75, 3.05) is 6.54 Å². The molecule has 10 heteroatoms. The van der Waals surface area contributed by atoms with Crippen LogP contribution in [0.2, 0.25) is 0 Å². The number of aromatic nitrogens is 4. The molecule has 1 aliphatic rings. The second kappa shape index (κ2) is 10.4. The van der Waals surface area contributed by atoms with Crippen LogP contribution in [0.25, 0.3) is 22.0 Å². The maximum absolute atomic E-state index is 13.9. The van der Waals surface area contributed by atoms with E-state index in [1.165, 1.54) is 11.3 Å². The number of hydrogen-bond acceptors (Lipinski definition) is 9. The molecular weight excluding hydrogens is 528 g/mol. The van der Waals surface area contributed by atoms with Gasteiger partial charge in [-0.05, 0) is 56.9 Å². The monoisotopic (exact) mass is 556 g/mol. The lowest BCUT2D eigenvalue weighted by Crippen LogP contribution is -2.35. The molecule has 0 spiro atoms. The fourth-order valence-corrected chi connectivity index (χ4v) is 6.56. The van der Waals surface area contributed by atoms with Gasteiger partial charge in [-0.3, -0.25) is 4.79 Å². The quantitative estimate of drug-likeness (QED) is 0.261. The molecule has 1 saturated heterocycles. The van der Waals surface area contributed by atoms with Crippen molar-refractivity contribution in [1.82, 2.24) is 25.1 Å². The molecule has 4 heterocycles. The van der Waals surface area contributed by atoms with Gasteiger partial charge < -0.3 is 15.1 Å². The highest BCUT2D eigenvalue weighted by molar-refractivity contribution is 7.13. The molecule has 1 fully saturated rings. The van der Waals surface area contributed by atoms with Crippen molar-refractivity contribution in [3.8, 4) is 22.0 Å². The molecule has 2 N–H and O–H groups in total. The fourth-order valence-electron chi connectivity index (χ4n) is 4.99. The summed E-state index contributed by atoms with van der Waals surface area (Å²) < 4.78 is 6.14. The Kier molecular flexibility index (Phi) is 6.84. The minimum atomic E-state index is -0.854. The summed E-state index contributed by atoms with van der Waals surface area (Å²) in [5.74, 6) is 0.612. The van der Waals surface area contributed by atoms with Crippen LogP contribution < -0.4 is 5.73 Å². The molecule has 1 aliphatic heterocycles. The topological polar surface area (TPSA) is 111 Å². The van der Waals surface area contributed by atoms with E-state index in [1.54, 1.807) is 17.5 Å². The van der Waals surface area contributed by atoms with E-state index >= 15 is 0 Å². The smallest absolute Gasteiger partial charge is 0.254 e. The Morgan fingerprint density at radius 1 is 1.15 bits per heavy atom. The van der Waals surface area contributed by atoms with E-state index in [1.807, 2.05) is 78.0 Å². The molecule has 0 saturated carbocycles. The summed E-state index contributed by atoms with van der Waals surface area (Å²) in [6, 6.07) is 15.6. The third kappa shape index (κ3) is 5.27. The predicted octanol–water partition coefficient (Wildman–Crippen LogP) is 6.02. The number of likely N-dealkylation sites (tertiary alicyclic amines) is 1. The van der Waals surface area contributed by atoms with E-state index in [4.69, 9.17) is 10.2 Å². The molecule has 0 bridgehead atoms. The number of aryl methyl sites for hydroxylation is 1. The first-order chi connectivity index (χ1) is 18.9. The van der Waals surface area contributed by atoms with Crippen molar-refractivity contribution in [2.45, 2.75) is 44.7 Å². The number of rotatable bonds is 7. The van der Waals surface area contributed by atoms with Gasteiger partial charge in [0.25, 0.3) is 5.91 Å². The van der Waals surface area contributed by atoms with Crippen molar-refractivity contribution in [1.29, 1.82) is 0 Å². The third-order valence-electron chi connectivity index (χ3n) is 6.87. The lowest BCUT2D eigenvalue weighted by atomic mass is 9.94. The molecule has 3 aromatic heterocycles. The largest absolute Gasteiger partial charge is 0.419 e. The first-order valence-electron chi connectivity index (χ1n) is 12.8. The lowest BCUT2D eigenvalue weighted by molar-refractivity contribution is 0.0735. The number of benzene rings is 2. The summed E-state index contributed by atoms with van der Waals surface area (Å²) >= 11 is 3.12. The molecule has 39 heavy (non-hydrogen) atoms. The van der Waals surface area contributed by atoms with Gasteiger partial charge in [-0.25, -0.2) is 9.97 Å². The van der Waals surface area contributed by atoms with Crippen molar-refractivity contribution >= 4 is 28.6 Å². The molecular formula is C29H28N6O2S2. The Hall–Kier alpha value is -3.73. The predicted molar refractivity (Wildman–Crippen MR) is 152 cm³/mol. The van der Waals surface area contributed by atoms with Gasteiger partial charge in [-0.2, -0.15) is 0 Å². The summed E-state index contributed by atoms with van der Waals surface area (Å²) in [5, 5.41) is 14.4. The lowest BCUT2D eigenvalue weighted by Gasteiger charge is -2.23. The number of carbonyl (C=O) groups excluding carboxylic acids is 1. The van der Waals surface area contributed by atoms with Gasteiger partial charge >= 0.3 is 0 Å².